The summed E-state index contributed by atoms with van der Waals surface area (Å²) in [6.07, 6.45) is 3.48. The average molecular weight is 412 g/mol. The highest BCUT2D eigenvalue weighted by Crippen LogP contribution is 2.30. The van der Waals surface area contributed by atoms with E-state index in [0.717, 1.165) is 51.6 Å². The van der Waals surface area contributed by atoms with E-state index in [1.807, 2.05) is 56.4 Å². The van der Waals surface area contributed by atoms with Gasteiger partial charge in [0.1, 0.15) is 11.9 Å². The van der Waals surface area contributed by atoms with Gasteiger partial charge in [0.05, 0.1) is 36.4 Å². The van der Waals surface area contributed by atoms with Crippen molar-refractivity contribution in [2.45, 2.75) is 20.0 Å². The molecule has 156 valence electrons. The lowest BCUT2D eigenvalue weighted by Gasteiger charge is -2.33. The first-order valence-electron chi connectivity index (χ1n) is 10.4. The molecule has 0 saturated carbocycles. The predicted molar refractivity (Wildman–Crippen MR) is 122 cm³/mol. The standard InChI is InChI=1S/C24H24N6O/c1-16-6-5-11-25-23(16)27-18-9-10-21(26-14-18)22-15-30(12-13-31-22)24-20-8-4-3-7-19(20)17(2)28-29-24/h3-11,14,22H,12-13,15H2,1-2H3,(H,25,27)/t22-/m1/s1. The minimum absolute atomic E-state index is 0.124. The lowest BCUT2D eigenvalue weighted by Crippen LogP contribution is -2.39. The van der Waals surface area contributed by atoms with Crippen LogP contribution >= 0.6 is 0 Å². The molecule has 0 aliphatic carbocycles. The molecule has 0 amide bonds. The molecule has 0 bridgehead atoms. The number of rotatable bonds is 4. The number of hydrogen-bond donors (Lipinski definition) is 1. The van der Waals surface area contributed by atoms with Crippen LogP contribution in [0.3, 0.4) is 0 Å². The zero-order chi connectivity index (χ0) is 21.2. The van der Waals surface area contributed by atoms with Crippen molar-refractivity contribution in [2.24, 2.45) is 0 Å². The van der Waals surface area contributed by atoms with Gasteiger partial charge < -0.3 is 15.0 Å². The van der Waals surface area contributed by atoms with Gasteiger partial charge in [0.2, 0.25) is 0 Å². The summed E-state index contributed by atoms with van der Waals surface area (Å²) in [5.41, 5.74) is 3.83. The smallest absolute Gasteiger partial charge is 0.159 e. The molecule has 3 aromatic heterocycles. The maximum Gasteiger partial charge on any atom is 0.159 e. The number of aromatic nitrogens is 4. The fraction of sp³-hybridized carbons (Fsp3) is 0.250. The van der Waals surface area contributed by atoms with Gasteiger partial charge in [-0.3, -0.25) is 4.98 Å². The lowest BCUT2D eigenvalue weighted by atomic mass is 10.1. The van der Waals surface area contributed by atoms with Crippen molar-refractivity contribution in [1.82, 2.24) is 20.2 Å². The van der Waals surface area contributed by atoms with Crippen LogP contribution in [0.5, 0.6) is 0 Å². The molecule has 1 fully saturated rings. The molecule has 31 heavy (non-hydrogen) atoms. The third kappa shape index (κ3) is 3.92. The Morgan fingerprint density at radius 1 is 0.968 bits per heavy atom. The Morgan fingerprint density at radius 3 is 2.65 bits per heavy atom. The molecule has 7 heteroatoms. The van der Waals surface area contributed by atoms with E-state index in [1.165, 1.54) is 0 Å². The number of benzene rings is 1. The van der Waals surface area contributed by atoms with Crippen molar-refractivity contribution in [3.63, 3.8) is 0 Å². The molecule has 1 aromatic carbocycles. The van der Waals surface area contributed by atoms with Crippen LogP contribution in [0, 0.1) is 13.8 Å². The van der Waals surface area contributed by atoms with Crippen molar-refractivity contribution >= 4 is 28.1 Å². The first-order chi connectivity index (χ1) is 15.2. The van der Waals surface area contributed by atoms with Gasteiger partial charge in [-0.15, -0.1) is 5.10 Å². The molecule has 1 aliphatic heterocycles. The van der Waals surface area contributed by atoms with E-state index < -0.39 is 0 Å². The number of anilines is 3. The number of morpholine rings is 1. The summed E-state index contributed by atoms with van der Waals surface area (Å²) in [7, 11) is 0. The van der Waals surface area contributed by atoms with E-state index in [1.54, 1.807) is 6.20 Å². The maximum atomic E-state index is 6.04. The minimum Gasteiger partial charge on any atom is -0.368 e. The number of ether oxygens (including phenoxy) is 1. The summed E-state index contributed by atoms with van der Waals surface area (Å²) in [5.74, 6) is 1.74. The normalized spacial score (nSPS) is 16.5. The second kappa shape index (κ2) is 8.28. The van der Waals surface area contributed by atoms with Crippen molar-refractivity contribution < 1.29 is 4.74 Å². The maximum absolute atomic E-state index is 6.04. The van der Waals surface area contributed by atoms with Gasteiger partial charge in [-0.1, -0.05) is 30.3 Å². The van der Waals surface area contributed by atoms with E-state index >= 15 is 0 Å². The van der Waals surface area contributed by atoms with E-state index in [2.05, 4.69) is 42.5 Å². The third-order valence-corrected chi connectivity index (χ3v) is 5.61. The lowest BCUT2D eigenvalue weighted by molar-refractivity contribution is 0.0368. The highest BCUT2D eigenvalue weighted by molar-refractivity contribution is 5.93. The SMILES string of the molecule is Cc1cccnc1Nc1ccc([C@H]2CN(c3nnc(C)c4ccccc34)CCO2)nc1. The van der Waals surface area contributed by atoms with Crippen molar-refractivity contribution in [1.29, 1.82) is 0 Å². The molecule has 1 aliphatic rings. The molecule has 7 nitrogen and oxygen atoms in total. The summed E-state index contributed by atoms with van der Waals surface area (Å²) in [6, 6.07) is 16.3. The van der Waals surface area contributed by atoms with Crippen LogP contribution < -0.4 is 10.2 Å². The summed E-state index contributed by atoms with van der Waals surface area (Å²) < 4.78 is 6.04. The van der Waals surface area contributed by atoms with Crippen LogP contribution in [0.2, 0.25) is 0 Å². The fourth-order valence-electron chi connectivity index (χ4n) is 3.90. The third-order valence-electron chi connectivity index (χ3n) is 5.61. The number of aryl methyl sites for hydroxylation is 2. The Morgan fingerprint density at radius 2 is 1.84 bits per heavy atom. The van der Waals surface area contributed by atoms with Crippen molar-refractivity contribution in [3.05, 3.63) is 77.9 Å². The van der Waals surface area contributed by atoms with Gasteiger partial charge in [0.15, 0.2) is 5.82 Å². The van der Waals surface area contributed by atoms with Crippen LogP contribution in [0.25, 0.3) is 10.8 Å². The quantitative estimate of drug-likeness (QED) is 0.534. The Labute approximate surface area is 181 Å². The second-order valence-corrected chi connectivity index (χ2v) is 7.73. The number of nitrogens with one attached hydrogen (secondary N) is 1. The zero-order valence-electron chi connectivity index (χ0n) is 17.6. The summed E-state index contributed by atoms with van der Waals surface area (Å²) in [5, 5.41) is 14.5. The average Bonchev–Trinajstić information content (AvgIpc) is 2.82. The molecular weight excluding hydrogens is 388 g/mol. The van der Waals surface area contributed by atoms with Gasteiger partial charge in [0.25, 0.3) is 0 Å². The van der Waals surface area contributed by atoms with Crippen LogP contribution in [0.15, 0.2) is 60.9 Å². The van der Waals surface area contributed by atoms with Crippen molar-refractivity contribution in [2.75, 3.05) is 29.9 Å². The molecule has 1 N–H and O–H groups in total. The van der Waals surface area contributed by atoms with E-state index in [9.17, 15) is 0 Å². The molecule has 0 spiro atoms. The van der Waals surface area contributed by atoms with E-state index in [4.69, 9.17) is 4.74 Å². The van der Waals surface area contributed by atoms with Crippen molar-refractivity contribution in [3.8, 4) is 0 Å². The van der Waals surface area contributed by atoms with Crippen LogP contribution in [-0.2, 0) is 4.74 Å². The Hall–Kier alpha value is -3.58. The predicted octanol–water partition coefficient (Wildman–Crippen LogP) is 4.36. The number of fused-ring (bicyclic) bond motifs is 1. The number of pyridine rings is 2. The van der Waals surface area contributed by atoms with E-state index in [0.29, 0.717) is 13.2 Å². The van der Waals surface area contributed by atoms with Gasteiger partial charge in [-0.2, -0.15) is 5.10 Å². The monoisotopic (exact) mass is 412 g/mol. The topological polar surface area (TPSA) is 76.1 Å². The highest BCUT2D eigenvalue weighted by Gasteiger charge is 2.25. The first-order valence-corrected chi connectivity index (χ1v) is 10.4. The van der Waals surface area contributed by atoms with Gasteiger partial charge in [-0.05, 0) is 37.6 Å². The number of hydrogen-bond acceptors (Lipinski definition) is 7. The summed E-state index contributed by atoms with van der Waals surface area (Å²) in [6.45, 7) is 6.09. The fourth-order valence-corrected chi connectivity index (χ4v) is 3.90. The van der Waals surface area contributed by atoms with E-state index in [-0.39, 0.29) is 6.10 Å². The minimum atomic E-state index is -0.124. The highest BCUT2D eigenvalue weighted by atomic mass is 16.5. The molecule has 0 radical (unpaired) electrons. The zero-order valence-corrected chi connectivity index (χ0v) is 17.6. The molecule has 5 rings (SSSR count). The molecular formula is C24H24N6O. The largest absolute Gasteiger partial charge is 0.368 e. The van der Waals surface area contributed by atoms with Gasteiger partial charge in [0, 0.05) is 23.5 Å². The molecule has 0 unspecified atom stereocenters. The molecule has 4 aromatic rings. The van der Waals surface area contributed by atoms with Gasteiger partial charge >= 0.3 is 0 Å². The molecule has 1 saturated heterocycles. The van der Waals surface area contributed by atoms with Crippen LogP contribution in [0.4, 0.5) is 17.3 Å². The Balaban J connectivity index is 1.35. The first kappa shape index (κ1) is 19.4. The summed E-state index contributed by atoms with van der Waals surface area (Å²) >= 11 is 0. The second-order valence-electron chi connectivity index (χ2n) is 7.73. The van der Waals surface area contributed by atoms with Gasteiger partial charge in [-0.25, -0.2) is 4.98 Å². The molecule has 4 heterocycles. The molecule has 1 atom stereocenters. The Kier molecular flexibility index (Phi) is 5.18. The van der Waals surface area contributed by atoms with Crippen LogP contribution in [0.1, 0.15) is 23.1 Å². The Bertz CT molecular complexity index is 1210. The number of nitrogens with zero attached hydrogens (tertiary/aromatic N) is 5. The summed E-state index contributed by atoms with van der Waals surface area (Å²) in [4.78, 5) is 11.3. The van der Waals surface area contributed by atoms with Crippen LogP contribution in [-0.4, -0.2) is 39.9 Å².